The van der Waals surface area contributed by atoms with Crippen LogP contribution in [0.25, 0.3) is 22.3 Å². The van der Waals surface area contributed by atoms with Crippen molar-refractivity contribution in [3.63, 3.8) is 0 Å². The molecule has 0 aliphatic heterocycles. The maximum atomic E-state index is 12.9. The van der Waals surface area contributed by atoms with Gasteiger partial charge in [-0.15, -0.1) is 11.8 Å². The third kappa shape index (κ3) is 12.4. The molecule has 3 N–H and O–H groups in total. The number of halogens is 4. The molecule has 61 heavy (non-hydrogen) atoms. The molecular weight excluding hydrogens is 823 g/mol. The first-order chi connectivity index (χ1) is 29.2. The normalized spacial score (nSPS) is 10.6. The number of carboxylic acid groups (broad SMARTS) is 1. The molecule has 0 spiro atoms. The van der Waals surface area contributed by atoms with Crippen LogP contribution in [0.5, 0.6) is 0 Å². The molecule has 0 saturated heterocycles. The molecular formula is C47H39ClF3N5O4S. The van der Waals surface area contributed by atoms with Crippen LogP contribution in [0.1, 0.15) is 53.3 Å². The number of aromatic nitrogens is 3. The maximum absolute atomic E-state index is 12.9. The van der Waals surface area contributed by atoms with Gasteiger partial charge in [0.05, 0.1) is 11.1 Å². The molecule has 310 valence electrons. The van der Waals surface area contributed by atoms with Crippen LogP contribution >= 0.6 is 23.4 Å². The molecule has 0 bridgehead atoms. The SMILES string of the molecule is CSc1ccccc1-c1ccc(NC(=O)c2ccncc2C)cc1.Cc1cnccc1C(=O)Nc1ccc(-c2cc(C(F)(F)F)ccc2Cl)cc1.Cc1cnccc1C(=O)O. The summed E-state index contributed by atoms with van der Waals surface area (Å²) < 4.78 is 38.8. The molecule has 0 radical (unpaired) electrons. The molecule has 0 aliphatic carbocycles. The minimum atomic E-state index is -4.45. The van der Waals surface area contributed by atoms with E-state index < -0.39 is 17.7 Å². The second-order valence-electron chi connectivity index (χ2n) is 13.3. The topological polar surface area (TPSA) is 134 Å². The maximum Gasteiger partial charge on any atom is 0.416 e. The molecule has 3 aromatic heterocycles. The first-order valence-corrected chi connectivity index (χ1v) is 20.0. The molecule has 0 atom stereocenters. The quantitative estimate of drug-likeness (QED) is 0.129. The van der Waals surface area contributed by atoms with Gasteiger partial charge in [-0.1, -0.05) is 54.1 Å². The Kier molecular flexibility index (Phi) is 15.5. The predicted octanol–water partition coefficient (Wildman–Crippen LogP) is 12.1. The summed E-state index contributed by atoms with van der Waals surface area (Å²) in [5, 5.41) is 14.4. The number of aryl methyl sites for hydroxylation is 3. The summed E-state index contributed by atoms with van der Waals surface area (Å²) in [5.41, 5.74) is 7.39. The fourth-order valence-electron chi connectivity index (χ4n) is 5.84. The first kappa shape index (κ1) is 45.3. The Balaban J connectivity index is 0.000000190. The van der Waals surface area contributed by atoms with Crippen LogP contribution in [0.15, 0.2) is 151 Å². The van der Waals surface area contributed by atoms with Crippen LogP contribution in [0.3, 0.4) is 0 Å². The lowest BCUT2D eigenvalue weighted by molar-refractivity contribution is -0.137. The van der Waals surface area contributed by atoms with Crippen LogP contribution < -0.4 is 10.6 Å². The van der Waals surface area contributed by atoms with Gasteiger partial charge in [0.15, 0.2) is 0 Å². The number of aromatic carboxylic acids is 1. The number of rotatable bonds is 8. The van der Waals surface area contributed by atoms with Crippen LogP contribution in [-0.2, 0) is 6.18 Å². The lowest BCUT2D eigenvalue weighted by Crippen LogP contribution is -2.13. The van der Waals surface area contributed by atoms with Crippen molar-refractivity contribution < 1.29 is 32.7 Å². The highest BCUT2D eigenvalue weighted by Crippen LogP contribution is 2.36. The number of alkyl halides is 3. The van der Waals surface area contributed by atoms with E-state index in [0.29, 0.717) is 33.5 Å². The highest BCUT2D eigenvalue weighted by atomic mass is 35.5. The Morgan fingerprint density at radius 1 is 0.607 bits per heavy atom. The smallest absolute Gasteiger partial charge is 0.416 e. The predicted molar refractivity (Wildman–Crippen MR) is 235 cm³/mol. The van der Waals surface area contributed by atoms with E-state index in [-0.39, 0.29) is 22.4 Å². The van der Waals surface area contributed by atoms with E-state index in [2.05, 4.69) is 44.0 Å². The summed E-state index contributed by atoms with van der Waals surface area (Å²) in [5.74, 6) is -1.31. The Bertz CT molecular complexity index is 2640. The molecule has 7 aromatic rings. The van der Waals surface area contributed by atoms with Gasteiger partial charge in [-0.05, 0) is 127 Å². The lowest BCUT2D eigenvalue weighted by Gasteiger charge is -2.12. The standard InChI is InChI=1S/C20H14ClF3N2O.C20H18N2OS.C7H7NO2/c1-12-11-25-9-8-16(12)19(27)26-15-5-2-13(3-6-15)17-10-14(20(22,23)24)4-7-18(17)21;1-14-13-21-12-11-17(14)20(23)22-16-9-7-15(8-10-16)18-5-3-4-6-19(18)24-2;1-5-4-8-3-2-6(5)7(9)10/h2-11H,1H3,(H,26,27);3-13H,1-2H3,(H,22,23);2-4H,1H3,(H,9,10). The molecule has 0 aliphatic rings. The fourth-order valence-corrected chi connectivity index (χ4v) is 6.69. The monoisotopic (exact) mass is 861 g/mol. The number of pyridine rings is 3. The average molecular weight is 862 g/mol. The molecule has 7 rings (SSSR count). The second kappa shape index (κ2) is 20.9. The third-order valence-electron chi connectivity index (χ3n) is 9.09. The Morgan fingerprint density at radius 2 is 1.05 bits per heavy atom. The average Bonchev–Trinajstić information content (AvgIpc) is 3.25. The highest BCUT2D eigenvalue weighted by Gasteiger charge is 2.31. The van der Waals surface area contributed by atoms with E-state index in [0.717, 1.165) is 34.5 Å². The molecule has 0 unspecified atom stereocenters. The van der Waals surface area contributed by atoms with Gasteiger partial charge >= 0.3 is 12.1 Å². The van der Waals surface area contributed by atoms with Crippen molar-refractivity contribution in [2.75, 3.05) is 16.9 Å². The van der Waals surface area contributed by atoms with Crippen molar-refractivity contribution in [3.8, 4) is 22.3 Å². The zero-order chi connectivity index (χ0) is 44.1. The number of carbonyl (C=O) groups excluding carboxylic acids is 2. The molecule has 4 aromatic carbocycles. The van der Waals surface area contributed by atoms with Crippen LogP contribution in [-0.4, -0.2) is 44.1 Å². The number of nitrogens with zero attached hydrogens (tertiary/aromatic N) is 3. The summed E-state index contributed by atoms with van der Waals surface area (Å²) >= 11 is 7.79. The summed E-state index contributed by atoms with van der Waals surface area (Å²) in [6.07, 6.45) is 7.07. The third-order valence-corrected chi connectivity index (χ3v) is 10.2. The largest absolute Gasteiger partial charge is 0.478 e. The van der Waals surface area contributed by atoms with E-state index in [1.54, 1.807) is 80.6 Å². The Hall–Kier alpha value is -6.83. The summed E-state index contributed by atoms with van der Waals surface area (Å²) in [6.45, 7) is 5.38. The minimum Gasteiger partial charge on any atom is -0.478 e. The van der Waals surface area contributed by atoms with E-state index in [4.69, 9.17) is 16.7 Å². The van der Waals surface area contributed by atoms with Gasteiger partial charge in [-0.2, -0.15) is 13.2 Å². The number of carboxylic acids is 1. The van der Waals surface area contributed by atoms with Crippen molar-refractivity contribution in [1.82, 2.24) is 15.0 Å². The van der Waals surface area contributed by atoms with E-state index in [9.17, 15) is 27.6 Å². The van der Waals surface area contributed by atoms with Gasteiger partial charge < -0.3 is 15.7 Å². The van der Waals surface area contributed by atoms with Crippen molar-refractivity contribution in [2.45, 2.75) is 31.8 Å². The first-order valence-electron chi connectivity index (χ1n) is 18.4. The van der Waals surface area contributed by atoms with Crippen molar-refractivity contribution in [2.24, 2.45) is 0 Å². The van der Waals surface area contributed by atoms with Gasteiger partial charge in [0.2, 0.25) is 0 Å². The second-order valence-corrected chi connectivity index (χ2v) is 14.6. The van der Waals surface area contributed by atoms with E-state index >= 15 is 0 Å². The van der Waals surface area contributed by atoms with E-state index in [1.165, 1.54) is 41.2 Å². The number of hydrogen-bond acceptors (Lipinski definition) is 7. The van der Waals surface area contributed by atoms with Crippen LogP contribution in [0.2, 0.25) is 5.02 Å². The van der Waals surface area contributed by atoms with Crippen molar-refractivity contribution in [3.05, 3.63) is 190 Å². The molecule has 3 heterocycles. The molecule has 2 amide bonds. The molecule has 9 nitrogen and oxygen atoms in total. The summed E-state index contributed by atoms with van der Waals surface area (Å²) in [7, 11) is 0. The number of anilines is 2. The highest BCUT2D eigenvalue weighted by molar-refractivity contribution is 7.98. The molecule has 0 fully saturated rings. The number of thioether (sulfide) groups is 1. The summed E-state index contributed by atoms with van der Waals surface area (Å²) in [4.78, 5) is 48.0. The molecule has 0 saturated carbocycles. The number of benzene rings is 4. The Morgan fingerprint density at radius 3 is 1.46 bits per heavy atom. The van der Waals surface area contributed by atoms with Gasteiger partial charge in [0, 0.05) is 75.2 Å². The van der Waals surface area contributed by atoms with Crippen molar-refractivity contribution in [1.29, 1.82) is 0 Å². The zero-order valence-electron chi connectivity index (χ0n) is 33.3. The minimum absolute atomic E-state index is 0.118. The lowest BCUT2D eigenvalue weighted by atomic mass is 10.0. The van der Waals surface area contributed by atoms with Crippen LogP contribution in [0.4, 0.5) is 24.5 Å². The van der Waals surface area contributed by atoms with Crippen LogP contribution in [0, 0.1) is 20.8 Å². The van der Waals surface area contributed by atoms with Crippen molar-refractivity contribution >= 4 is 52.5 Å². The van der Waals surface area contributed by atoms with E-state index in [1.807, 2.05) is 43.3 Å². The number of hydrogen-bond donors (Lipinski definition) is 3. The van der Waals surface area contributed by atoms with Gasteiger partial charge in [0.25, 0.3) is 11.8 Å². The van der Waals surface area contributed by atoms with Gasteiger partial charge in [-0.25, -0.2) is 4.79 Å². The number of amides is 2. The fraction of sp³-hybridized carbons (Fsp3) is 0.106. The molecule has 14 heteroatoms. The number of nitrogens with one attached hydrogen (secondary N) is 2. The Labute approximate surface area is 360 Å². The van der Waals surface area contributed by atoms with Gasteiger partial charge in [0.1, 0.15) is 0 Å². The zero-order valence-corrected chi connectivity index (χ0v) is 34.9. The summed E-state index contributed by atoms with van der Waals surface area (Å²) in [6, 6.07) is 30.7. The van der Waals surface area contributed by atoms with Gasteiger partial charge in [-0.3, -0.25) is 24.5 Å². The number of carbonyl (C=O) groups is 3.